The molecule has 2 heterocycles. The van der Waals surface area contributed by atoms with Crippen molar-refractivity contribution in [2.24, 2.45) is 0 Å². The summed E-state index contributed by atoms with van der Waals surface area (Å²) in [6.07, 6.45) is 3.27. The third-order valence-electron chi connectivity index (χ3n) is 2.90. The fourth-order valence-corrected chi connectivity index (χ4v) is 2.22. The van der Waals surface area contributed by atoms with Gasteiger partial charge in [-0.1, -0.05) is 18.2 Å². The highest BCUT2D eigenvalue weighted by Crippen LogP contribution is 2.29. The zero-order chi connectivity index (χ0) is 13.1. The highest BCUT2D eigenvalue weighted by molar-refractivity contribution is 6.30. The lowest BCUT2D eigenvalue weighted by molar-refractivity contribution is 0.603. The predicted octanol–water partition coefficient (Wildman–Crippen LogP) is 3.17. The molecule has 0 fully saturated rings. The third-order valence-corrected chi connectivity index (χ3v) is 3.21. The first-order chi connectivity index (χ1) is 9.34. The lowest BCUT2D eigenvalue weighted by Crippen LogP contribution is -2.13. The van der Waals surface area contributed by atoms with Crippen LogP contribution in [0.25, 0.3) is 11.0 Å². The Morgan fingerprint density at radius 3 is 2.89 bits per heavy atom. The van der Waals surface area contributed by atoms with Gasteiger partial charge in [0.1, 0.15) is 11.9 Å². The van der Waals surface area contributed by atoms with Gasteiger partial charge in [-0.3, -0.25) is 0 Å². The first-order valence-electron chi connectivity index (χ1n) is 5.96. The van der Waals surface area contributed by atoms with E-state index in [0.717, 1.165) is 22.2 Å². The van der Waals surface area contributed by atoms with Gasteiger partial charge in [0.05, 0.1) is 5.69 Å². The van der Waals surface area contributed by atoms with E-state index in [1.165, 1.54) is 6.33 Å². The number of fused-ring (bicyclic) bond motifs is 1. The maximum Gasteiger partial charge on any atom is 0.199 e. The second-order valence-electron chi connectivity index (χ2n) is 4.15. The first kappa shape index (κ1) is 12.1. The molecule has 96 valence electrons. The number of halogens is 1. The normalized spacial score (nSPS) is 11.0. The summed E-state index contributed by atoms with van der Waals surface area (Å²) in [5, 5.41) is 4.79. The molecule has 0 bridgehead atoms. The molecule has 0 atom stereocenters. The second-order valence-corrected chi connectivity index (χ2v) is 4.50. The number of benzene rings is 1. The first-order valence-corrected chi connectivity index (χ1v) is 6.34. The maximum absolute atomic E-state index is 6.12. The Morgan fingerprint density at radius 1 is 1.16 bits per heavy atom. The zero-order valence-corrected chi connectivity index (χ0v) is 10.9. The van der Waals surface area contributed by atoms with Crippen LogP contribution in [-0.2, 0) is 13.1 Å². The van der Waals surface area contributed by atoms with Crippen LogP contribution in [-0.4, -0.2) is 9.97 Å². The summed E-state index contributed by atoms with van der Waals surface area (Å²) >= 11 is 6.12. The minimum absolute atomic E-state index is 0.441. The van der Waals surface area contributed by atoms with Crippen LogP contribution < -0.4 is 5.32 Å². The average Bonchev–Trinajstić information content (AvgIpc) is 2.76. The van der Waals surface area contributed by atoms with Crippen molar-refractivity contribution in [3.05, 3.63) is 59.3 Å². The van der Waals surface area contributed by atoms with E-state index in [0.29, 0.717) is 18.3 Å². The number of furan rings is 1. The van der Waals surface area contributed by atoms with E-state index in [1.54, 1.807) is 6.20 Å². The molecule has 5 heteroatoms. The fourth-order valence-electron chi connectivity index (χ4n) is 1.97. The van der Waals surface area contributed by atoms with Gasteiger partial charge in [-0.15, -0.1) is 0 Å². The van der Waals surface area contributed by atoms with Crippen molar-refractivity contribution in [2.75, 3.05) is 0 Å². The Kier molecular flexibility index (Phi) is 3.44. The molecule has 0 unspecified atom stereocenters. The van der Waals surface area contributed by atoms with Crippen LogP contribution in [0.3, 0.4) is 0 Å². The van der Waals surface area contributed by atoms with E-state index in [2.05, 4.69) is 15.3 Å². The van der Waals surface area contributed by atoms with Crippen LogP contribution in [0, 0.1) is 0 Å². The van der Waals surface area contributed by atoms with Crippen molar-refractivity contribution < 1.29 is 4.42 Å². The van der Waals surface area contributed by atoms with Gasteiger partial charge in [0.2, 0.25) is 0 Å². The van der Waals surface area contributed by atoms with Crippen LogP contribution in [0.15, 0.2) is 47.3 Å². The predicted molar refractivity (Wildman–Crippen MR) is 73.8 cm³/mol. The number of hydrogen-bond acceptors (Lipinski definition) is 4. The van der Waals surface area contributed by atoms with Gasteiger partial charge in [0.25, 0.3) is 0 Å². The fraction of sp³-hybridized carbons (Fsp3) is 0.143. The van der Waals surface area contributed by atoms with Crippen molar-refractivity contribution in [1.82, 2.24) is 15.3 Å². The molecule has 0 spiro atoms. The summed E-state index contributed by atoms with van der Waals surface area (Å²) in [7, 11) is 0. The van der Waals surface area contributed by atoms with Crippen LogP contribution in [0.5, 0.6) is 0 Å². The molecule has 1 N–H and O–H groups in total. The molecule has 3 rings (SSSR count). The van der Waals surface area contributed by atoms with E-state index in [-0.39, 0.29) is 0 Å². The van der Waals surface area contributed by atoms with Crippen molar-refractivity contribution in [2.45, 2.75) is 13.1 Å². The van der Waals surface area contributed by atoms with Crippen LogP contribution in [0.4, 0.5) is 0 Å². The molecule has 0 aliphatic carbocycles. The molecule has 1 aromatic carbocycles. The summed E-state index contributed by atoms with van der Waals surface area (Å²) in [6.45, 7) is 1.30. The number of nitrogens with one attached hydrogen (secondary N) is 1. The molecule has 19 heavy (non-hydrogen) atoms. The van der Waals surface area contributed by atoms with Gasteiger partial charge in [0, 0.05) is 30.2 Å². The number of rotatable bonds is 4. The van der Waals surface area contributed by atoms with Crippen LogP contribution >= 0.6 is 11.6 Å². The Morgan fingerprint density at radius 2 is 2.05 bits per heavy atom. The largest absolute Gasteiger partial charge is 0.444 e. The van der Waals surface area contributed by atoms with Crippen LogP contribution in [0.1, 0.15) is 11.3 Å². The highest BCUT2D eigenvalue weighted by Gasteiger charge is 2.11. The number of aromatic nitrogens is 2. The minimum Gasteiger partial charge on any atom is -0.444 e. The van der Waals surface area contributed by atoms with Gasteiger partial charge >= 0.3 is 0 Å². The molecule has 0 aliphatic heterocycles. The molecule has 0 saturated heterocycles. The van der Waals surface area contributed by atoms with E-state index in [9.17, 15) is 0 Å². The Labute approximate surface area is 115 Å². The van der Waals surface area contributed by atoms with Crippen molar-refractivity contribution in [1.29, 1.82) is 0 Å². The third kappa shape index (κ3) is 2.59. The molecule has 2 aromatic heterocycles. The Hall–Kier alpha value is -1.91. The monoisotopic (exact) mass is 273 g/mol. The minimum atomic E-state index is 0.441. The summed E-state index contributed by atoms with van der Waals surface area (Å²) in [4.78, 5) is 8.04. The van der Waals surface area contributed by atoms with Crippen molar-refractivity contribution in [3.63, 3.8) is 0 Å². The van der Waals surface area contributed by atoms with E-state index in [1.807, 2.05) is 30.3 Å². The van der Waals surface area contributed by atoms with Crippen LogP contribution in [0.2, 0.25) is 5.22 Å². The Bertz CT molecular complexity index is 681. The standard InChI is InChI=1S/C14H12ClN3O/c15-14-12(11-3-1-2-4-13(11)19-14)8-17-7-10-5-6-16-9-18-10/h1-6,9,17H,7-8H2. The summed E-state index contributed by atoms with van der Waals surface area (Å²) in [5.74, 6) is 0. The topological polar surface area (TPSA) is 51.0 Å². The Balaban J connectivity index is 1.73. The van der Waals surface area contributed by atoms with Gasteiger partial charge < -0.3 is 9.73 Å². The number of nitrogens with zero attached hydrogens (tertiary/aromatic N) is 2. The lowest BCUT2D eigenvalue weighted by atomic mass is 10.2. The van der Waals surface area contributed by atoms with Gasteiger partial charge in [-0.05, 0) is 23.7 Å². The van der Waals surface area contributed by atoms with Gasteiger partial charge in [0.15, 0.2) is 5.22 Å². The van der Waals surface area contributed by atoms with E-state index < -0.39 is 0 Å². The summed E-state index contributed by atoms with van der Waals surface area (Å²) in [6, 6.07) is 9.70. The van der Waals surface area contributed by atoms with Gasteiger partial charge in [-0.25, -0.2) is 9.97 Å². The van der Waals surface area contributed by atoms with E-state index >= 15 is 0 Å². The van der Waals surface area contributed by atoms with Gasteiger partial charge in [-0.2, -0.15) is 0 Å². The zero-order valence-electron chi connectivity index (χ0n) is 10.1. The SMILES string of the molecule is Clc1oc2ccccc2c1CNCc1ccncn1. The number of hydrogen-bond donors (Lipinski definition) is 1. The lowest BCUT2D eigenvalue weighted by Gasteiger charge is -2.03. The van der Waals surface area contributed by atoms with E-state index in [4.69, 9.17) is 16.0 Å². The van der Waals surface area contributed by atoms with Crippen molar-refractivity contribution >= 4 is 22.6 Å². The summed E-state index contributed by atoms with van der Waals surface area (Å²) < 4.78 is 5.50. The molecule has 3 aromatic rings. The average molecular weight is 274 g/mol. The second kappa shape index (κ2) is 5.38. The number of para-hydroxylation sites is 1. The molecular formula is C14H12ClN3O. The smallest absolute Gasteiger partial charge is 0.199 e. The maximum atomic E-state index is 6.12. The molecule has 0 amide bonds. The molecule has 0 saturated carbocycles. The molecule has 4 nitrogen and oxygen atoms in total. The summed E-state index contributed by atoms with van der Waals surface area (Å²) in [5.41, 5.74) is 2.73. The van der Waals surface area contributed by atoms with Crippen molar-refractivity contribution in [3.8, 4) is 0 Å². The molecule has 0 radical (unpaired) electrons. The molecular weight excluding hydrogens is 262 g/mol. The molecule has 0 aliphatic rings. The quantitative estimate of drug-likeness (QED) is 0.793. The highest BCUT2D eigenvalue weighted by atomic mass is 35.5.